The maximum atomic E-state index is 13.6. The Bertz CT molecular complexity index is 449. The molecule has 0 atom stereocenters. The molecule has 0 aliphatic rings. The molecule has 1 aromatic rings. The Morgan fingerprint density at radius 3 is 2.44 bits per heavy atom. The van der Waals surface area contributed by atoms with Gasteiger partial charge in [0.25, 0.3) is 5.91 Å². The lowest BCUT2D eigenvalue weighted by molar-refractivity contribution is 0.0714. The van der Waals surface area contributed by atoms with Gasteiger partial charge in [0.2, 0.25) is 0 Å². The van der Waals surface area contributed by atoms with Gasteiger partial charge in [0.1, 0.15) is 11.6 Å². The van der Waals surface area contributed by atoms with Crippen molar-refractivity contribution in [2.75, 3.05) is 11.9 Å². The van der Waals surface area contributed by atoms with Crippen LogP contribution in [-0.2, 0) is 0 Å². The van der Waals surface area contributed by atoms with Crippen LogP contribution in [0.15, 0.2) is 12.1 Å². The van der Waals surface area contributed by atoms with Crippen LogP contribution in [0.2, 0.25) is 0 Å². The summed E-state index contributed by atoms with van der Waals surface area (Å²) >= 11 is 3.26. The summed E-state index contributed by atoms with van der Waals surface area (Å²) in [6.07, 6.45) is 0. The molecule has 1 aromatic carbocycles. The third-order valence-corrected chi connectivity index (χ3v) is 3.04. The van der Waals surface area contributed by atoms with Gasteiger partial charge in [0.15, 0.2) is 0 Å². The van der Waals surface area contributed by atoms with Crippen LogP contribution in [0.3, 0.4) is 0 Å². The maximum absolute atomic E-state index is 13.6. The quantitative estimate of drug-likeness (QED) is 0.778. The van der Waals surface area contributed by atoms with E-state index in [4.69, 9.17) is 0 Å². The highest BCUT2D eigenvalue weighted by molar-refractivity contribution is 9.09. The first-order valence-electron chi connectivity index (χ1n) is 5.71. The van der Waals surface area contributed by atoms with Crippen LogP contribution in [0.25, 0.3) is 0 Å². The van der Waals surface area contributed by atoms with Crippen molar-refractivity contribution in [2.24, 2.45) is 0 Å². The van der Waals surface area contributed by atoms with E-state index in [1.165, 1.54) is 13.0 Å². The number of carbonyl (C=O) groups excluding carboxylic acids is 1. The second kappa shape index (κ2) is 6.27. The highest BCUT2D eigenvalue weighted by atomic mass is 79.9. The molecule has 5 heteroatoms. The smallest absolute Gasteiger partial charge is 0.257 e. The normalized spacial score (nSPS) is 10.8. The number of amides is 1. The van der Waals surface area contributed by atoms with Crippen molar-refractivity contribution < 1.29 is 13.6 Å². The summed E-state index contributed by atoms with van der Waals surface area (Å²) in [5.74, 6) is -1.87. The van der Waals surface area contributed by atoms with Gasteiger partial charge >= 0.3 is 0 Å². The highest BCUT2D eigenvalue weighted by Crippen LogP contribution is 2.17. The summed E-state index contributed by atoms with van der Waals surface area (Å²) in [6.45, 7) is 5.70. The number of alkyl halides is 1. The van der Waals surface area contributed by atoms with E-state index < -0.39 is 17.5 Å². The maximum Gasteiger partial charge on any atom is 0.257 e. The van der Waals surface area contributed by atoms with Crippen LogP contribution >= 0.6 is 15.9 Å². The molecule has 0 heterocycles. The standard InChI is InChI=1S/C13H16BrF2NO/c1-8(2)17(5-4-14)13(18)10-6-9(3)11(15)7-12(10)16/h6-8H,4-5H2,1-3H3. The summed E-state index contributed by atoms with van der Waals surface area (Å²) in [5, 5.41) is 0.610. The minimum Gasteiger partial charge on any atom is -0.335 e. The van der Waals surface area contributed by atoms with Gasteiger partial charge in [-0.05, 0) is 32.4 Å². The van der Waals surface area contributed by atoms with Crippen LogP contribution in [0.5, 0.6) is 0 Å². The SMILES string of the molecule is Cc1cc(C(=O)N(CCBr)C(C)C)c(F)cc1F. The van der Waals surface area contributed by atoms with Crippen molar-refractivity contribution in [3.05, 3.63) is 34.9 Å². The Hall–Kier alpha value is -0.970. The molecule has 2 nitrogen and oxygen atoms in total. The Balaban J connectivity index is 3.12. The zero-order valence-electron chi connectivity index (χ0n) is 10.6. The first-order chi connectivity index (χ1) is 8.38. The van der Waals surface area contributed by atoms with Gasteiger partial charge in [-0.25, -0.2) is 8.78 Å². The summed E-state index contributed by atoms with van der Waals surface area (Å²) in [6, 6.07) is 1.98. The van der Waals surface area contributed by atoms with Gasteiger partial charge in [0, 0.05) is 24.0 Å². The summed E-state index contributed by atoms with van der Waals surface area (Å²) in [5.41, 5.74) is 0.186. The van der Waals surface area contributed by atoms with E-state index in [1.807, 2.05) is 13.8 Å². The van der Waals surface area contributed by atoms with Crippen molar-refractivity contribution in [1.82, 2.24) is 4.90 Å². The zero-order chi connectivity index (χ0) is 13.9. The average Bonchev–Trinajstić information content (AvgIpc) is 2.29. The van der Waals surface area contributed by atoms with Gasteiger partial charge < -0.3 is 4.90 Å². The second-order valence-corrected chi connectivity index (χ2v) is 5.16. The van der Waals surface area contributed by atoms with E-state index in [0.29, 0.717) is 11.9 Å². The van der Waals surface area contributed by atoms with Gasteiger partial charge in [-0.2, -0.15) is 0 Å². The number of aryl methyl sites for hydroxylation is 1. The molecule has 100 valence electrons. The average molecular weight is 320 g/mol. The zero-order valence-corrected chi connectivity index (χ0v) is 12.2. The molecular weight excluding hydrogens is 304 g/mol. The van der Waals surface area contributed by atoms with E-state index in [0.717, 1.165) is 6.07 Å². The number of hydrogen-bond donors (Lipinski definition) is 0. The molecule has 0 saturated heterocycles. The molecule has 1 rings (SSSR count). The van der Waals surface area contributed by atoms with Crippen LogP contribution < -0.4 is 0 Å². The largest absolute Gasteiger partial charge is 0.335 e. The Kier molecular flexibility index (Phi) is 5.26. The van der Waals surface area contributed by atoms with Gasteiger partial charge in [-0.1, -0.05) is 15.9 Å². The fraction of sp³-hybridized carbons (Fsp3) is 0.462. The van der Waals surface area contributed by atoms with Crippen LogP contribution in [0.4, 0.5) is 8.78 Å². The van der Waals surface area contributed by atoms with Gasteiger partial charge in [-0.15, -0.1) is 0 Å². The fourth-order valence-electron chi connectivity index (χ4n) is 1.66. The van der Waals surface area contributed by atoms with E-state index >= 15 is 0 Å². The molecule has 0 unspecified atom stereocenters. The lowest BCUT2D eigenvalue weighted by atomic mass is 10.1. The monoisotopic (exact) mass is 319 g/mol. The number of hydrogen-bond acceptors (Lipinski definition) is 1. The topological polar surface area (TPSA) is 20.3 Å². The fourth-order valence-corrected chi connectivity index (χ4v) is 2.04. The van der Waals surface area contributed by atoms with E-state index in [-0.39, 0.29) is 17.2 Å². The number of halogens is 3. The minimum absolute atomic E-state index is 0.0418. The molecule has 0 spiro atoms. The molecule has 18 heavy (non-hydrogen) atoms. The molecule has 1 amide bonds. The van der Waals surface area contributed by atoms with Crippen molar-refractivity contribution in [3.8, 4) is 0 Å². The van der Waals surface area contributed by atoms with Crippen LogP contribution in [0, 0.1) is 18.6 Å². The summed E-state index contributed by atoms with van der Waals surface area (Å²) in [7, 11) is 0. The van der Waals surface area contributed by atoms with Crippen LogP contribution in [-0.4, -0.2) is 28.7 Å². The van der Waals surface area contributed by atoms with Crippen molar-refractivity contribution in [2.45, 2.75) is 26.8 Å². The molecule has 0 saturated carbocycles. The molecule has 0 N–H and O–H groups in total. The van der Waals surface area contributed by atoms with Crippen LogP contribution in [0.1, 0.15) is 29.8 Å². The summed E-state index contributed by atoms with van der Waals surface area (Å²) < 4.78 is 26.8. The molecule has 0 aliphatic heterocycles. The van der Waals surface area contributed by atoms with Crippen molar-refractivity contribution in [3.63, 3.8) is 0 Å². The lowest BCUT2D eigenvalue weighted by Crippen LogP contribution is -2.38. The first kappa shape index (κ1) is 15.1. The molecule has 0 aromatic heterocycles. The molecule has 0 aliphatic carbocycles. The molecule has 0 fully saturated rings. The van der Waals surface area contributed by atoms with Crippen molar-refractivity contribution in [1.29, 1.82) is 0 Å². The Morgan fingerprint density at radius 2 is 1.94 bits per heavy atom. The number of rotatable bonds is 4. The van der Waals surface area contributed by atoms with Crippen molar-refractivity contribution >= 4 is 21.8 Å². The summed E-state index contributed by atoms with van der Waals surface area (Å²) in [4.78, 5) is 13.7. The number of carbonyl (C=O) groups is 1. The van der Waals surface area contributed by atoms with E-state index in [2.05, 4.69) is 15.9 Å². The molecule has 0 radical (unpaired) electrons. The van der Waals surface area contributed by atoms with Gasteiger partial charge in [0.05, 0.1) is 5.56 Å². The highest BCUT2D eigenvalue weighted by Gasteiger charge is 2.22. The third-order valence-electron chi connectivity index (χ3n) is 2.69. The second-order valence-electron chi connectivity index (χ2n) is 4.36. The first-order valence-corrected chi connectivity index (χ1v) is 6.83. The Morgan fingerprint density at radius 1 is 1.33 bits per heavy atom. The Labute approximate surface area is 114 Å². The molecule has 0 bridgehead atoms. The molecular formula is C13H16BrF2NO. The number of benzene rings is 1. The minimum atomic E-state index is -0.816. The van der Waals surface area contributed by atoms with E-state index in [1.54, 1.807) is 4.90 Å². The third kappa shape index (κ3) is 3.28. The van der Waals surface area contributed by atoms with E-state index in [9.17, 15) is 13.6 Å². The lowest BCUT2D eigenvalue weighted by Gasteiger charge is -2.26. The predicted molar refractivity (Wildman–Crippen MR) is 71.1 cm³/mol. The number of nitrogens with zero attached hydrogens (tertiary/aromatic N) is 1. The predicted octanol–water partition coefficient (Wildman–Crippen LogP) is 3.52. The van der Waals surface area contributed by atoms with Gasteiger partial charge in [-0.3, -0.25) is 4.79 Å².